The van der Waals surface area contributed by atoms with Gasteiger partial charge in [-0.3, -0.25) is 0 Å². The number of fused-ring (bicyclic) bond motifs is 8. The van der Waals surface area contributed by atoms with Crippen LogP contribution < -0.4 is 27.1 Å². The summed E-state index contributed by atoms with van der Waals surface area (Å²) in [4.78, 5) is 15.5. The van der Waals surface area contributed by atoms with Crippen molar-refractivity contribution in [3.8, 4) is 0 Å². The molecule has 1 aromatic carbocycles. The number of nitrogens with two attached hydrogens (primary N) is 1. The molecule has 5 heterocycles. The largest absolute Gasteiger partial charge is 0.399 e. The van der Waals surface area contributed by atoms with Crippen molar-refractivity contribution < 1.29 is 0 Å². The molecule has 9 rings (SSSR count). The van der Waals surface area contributed by atoms with E-state index in [0.717, 1.165) is 111 Å². The lowest BCUT2D eigenvalue weighted by molar-refractivity contribution is 0.729. The quantitative estimate of drug-likeness (QED) is 0.110. The molecule has 2 unspecified atom stereocenters. The standard InChI is InChI=1S/C44H42N8/c45-29-9-1-25(2-10-29)41-33-17-19-35(49-33)42(26-3-11-30(46)12-4-26)37-21-23-39(51-37)44(28-7-15-32(48)16-8-28)40-24-22-38(52-40)43(36-20-18-34(41)50-36)27-5-13-31(47)14-6-27/h1-3,5,7,9-11,15,17-24,26,28,46-52H,4,6,8,12-14,16,45H2. The topological polar surface area (TPSA) is 161 Å². The lowest BCUT2D eigenvalue weighted by Crippen LogP contribution is -2.23. The van der Waals surface area contributed by atoms with Crippen molar-refractivity contribution in [3.05, 3.63) is 158 Å². The number of H-pyrrole nitrogens is 4. The predicted octanol–water partition coefficient (Wildman–Crippen LogP) is 5.84. The van der Waals surface area contributed by atoms with E-state index in [1.165, 1.54) is 16.7 Å². The highest BCUT2D eigenvalue weighted by molar-refractivity contribution is 5.94. The van der Waals surface area contributed by atoms with Crippen LogP contribution in [0.3, 0.4) is 0 Å². The van der Waals surface area contributed by atoms with Gasteiger partial charge in [-0.2, -0.15) is 0 Å². The summed E-state index contributed by atoms with van der Waals surface area (Å²) in [5.41, 5.74) is 19.9. The molecule has 9 N–H and O–H groups in total. The minimum Gasteiger partial charge on any atom is -0.399 e. The van der Waals surface area contributed by atoms with Gasteiger partial charge in [0.25, 0.3) is 0 Å². The van der Waals surface area contributed by atoms with Crippen molar-refractivity contribution in [2.75, 3.05) is 5.73 Å². The van der Waals surface area contributed by atoms with Crippen LogP contribution in [-0.4, -0.2) is 37.1 Å². The fraction of sp³-hybridized carbons (Fsp3) is 0.205. The van der Waals surface area contributed by atoms with Gasteiger partial charge in [0, 0.05) is 108 Å². The van der Waals surface area contributed by atoms with E-state index < -0.39 is 0 Å². The van der Waals surface area contributed by atoms with Crippen molar-refractivity contribution >= 4 is 45.1 Å². The number of benzene rings is 1. The third kappa shape index (κ3) is 5.80. The number of aromatic nitrogens is 4. The van der Waals surface area contributed by atoms with Gasteiger partial charge < -0.3 is 41.9 Å². The maximum Gasteiger partial charge on any atom is 0.0485 e. The Morgan fingerprint density at radius 3 is 1.58 bits per heavy atom. The Bertz CT molecular complexity index is 2620. The number of allylic oxidation sites excluding steroid dienone is 6. The number of nitrogens with one attached hydrogen (secondary N) is 7. The fourth-order valence-electron chi connectivity index (χ4n) is 8.37. The molecule has 52 heavy (non-hydrogen) atoms. The van der Waals surface area contributed by atoms with E-state index >= 15 is 0 Å². The van der Waals surface area contributed by atoms with Gasteiger partial charge in [-0.25, -0.2) is 0 Å². The molecule has 0 saturated carbocycles. The summed E-state index contributed by atoms with van der Waals surface area (Å²) < 4.78 is 0. The van der Waals surface area contributed by atoms with Gasteiger partial charge in [0.15, 0.2) is 0 Å². The van der Waals surface area contributed by atoms with Crippen molar-refractivity contribution in [3.63, 3.8) is 0 Å². The van der Waals surface area contributed by atoms with Crippen molar-refractivity contribution in [2.45, 2.75) is 44.9 Å². The maximum atomic E-state index is 8.33. The smallest absolute Gasteiger partial charge is 0.0485 e. The van der Waals surface area contributed by atoms with Gasteiger partial charge in [-0.05, 0) is 122 Å². The zero-order valence-corrected chi connectivity index (χ0v) is 29.0. The monoisotopic (exact) mass is 682 g/mol. The summed E-state index contributed by atoms with van der Waals surface area (Å²) in [6.45, 7) is 0. The Kier molecular flexibility index (Phi) is 7.87. The molecule has 258 valence electrons. The zero-order chi connectivity index (χ0) is 35.3. The van der Waals surface area contributed by atoms with Crippen LogP contribution in [0.1, 0.15) is 73.3 Å². The molecule has 1 aliphatic heterocycles. The van der Waals surface area contributed by atoms with Crippen LogP contribution in [0.4, 0.5) is 5.69 Å². The molecule has 4 aliphatic rings. The number of hydrogen-bond acceptors (Lipinski definition) is 4. The minimum atomic E-state index is 0.126. The van der Waals surface area contributed by atoms with E-state index in [1.807, 2.05) is 24.3 Å². The Balaban J connectivity index is 1.38. The van der Waals surface area contributed by atoms with E-state index in [4.69, 9.17) is 22.0 Å². The second-order valence-electron chi connectivity index (χ2n) is 14.4. The molecule has 2 atom stereocenters. The molecule has 8 nitrogen and oxygen atoms in total. The van der Waals surface area contributed by atoms with E-state index in [2.05, 4.69) is 98.8 Å². The Hall–Kier alpha value is -6.15. The molecular formula is C44H42N8. The summed E-state index contributed by atoms with van der Waals surface area (Å²) >= 11 is 0. The first-order valence-corrected chi connectivity index (χ1v) is 18.3. The molecule has 0 amide bonds. The van der Waals surface area contributed by atoms with Gasteiger partial charge in [0.1, 0.15) is 0 Å². The number of hydrogen-bond donors (Lipinski definition) is 8. The molecule has 0 radical (unpaired) electrons. The Morgan fingerprint density at radius 1 is 0.519 bits per heavy atom. The highest BCUT2D eigenvalue weighted by Gasteiger charge is 2.25. The zero-order valence-electron chi connectivity index (χ0n) is 29.0. The molecule has 5 aromatic rings. The maximum absolute atomic E-state index is 8.33. The highest BCUT2D eigenvalue weighted by Crippen LogP contribution is 2.34. The molecule has 0 fully saturated rings. The lowest BCUT2D eigenvalue weighted by Gasteiger charge is -2.20. The van der Waals surface area contributed by atoms with Gasteiger partial charge in [-0.1, -0.05) is 30.4 Å². The van der Waals surface area contributed by atoms with E-state index in [1.54, 1.807) is 0 Å². The number of aromatic amines is 4. The first-order valence-electron chi connectivity index (χ1n) is 18.3. The summed E-state index contributed by atoms with van der Waals surface area (Å²) in [6.07, 6.45) is 15.9. The number of nitrogen functional groups attached to an aromatic ring is 1. The number of rotatable bonds is 4. The summed E-state index contributed by atoms with van der Waals surface area (Å²) in [5.74, 6) is 0.259. The average molecular weight is 683 g/mol. The second kappa shape index (κ2) is 12.9. The van der Waals surface area contributed by atoms with E-state index in [-0.39, 0.29) is 11.8 Å². The van der Waals surface area contributed by atoms with Crippen molar-refractivity contribution in [1.29, 1.82) is 16.2 Å². The number of anilines is 1. The predicted molar refractivity (Wildman–Crippen MR) is 211 cm³/mol. The molecule has 0 spiro atoms. The summed E-state index contributed by atoms with van der Waals surface area (Å²) in [6, 6.07) is 25.6. The third-order valence-electron chi connectivity index (χ3n) is 11.0. The van der Waals surface area contributed by atoms with E-state index in [9.17, 15) is 0 Å². The van der Waals surface area contributed by atoms with E-state index in [0.29, 0.717) is 17.8 Å². The minimum absolute atomic E-state index is 0.126. The summed E-state index contributed by atoms with van der Waals surface area (Å²) in [7, 11) is 0. The highest BCUT2D eigenvalue weighted by atomic mass is 14.8. The van der Waals surface area contributed by atoms with Gasteiger partial charge in [0.2, 0.25) is 0 Å². The summed E-state index contributed by atoms with van der Waals surface area (Å²) in [5, 5.41) is 29.0. The Labute approximate surface area is 301 Å². The van der Waals surface area contributed by atoms with Crippen LogP contribution in [0.15, 0.2) is 109 Å². The first-order chi connectivity index (χ1) is 25.4. The molecule has 0 saturated heterocycles. The van der Waals surface area contributed by atoms with Crippen LogP contribution in [0.5, 0.6) is 0 Å². The second-order valence-corrected chi connectivity index (χ2v) is 14.4. The fourth-order valence-corrected chi connectivity index (χ4v) is 8.37. The van der Waals surface area contributed by atoms with Crippen LogP contribution >= 0.6 is 0 Å². The van der Waals surface area contributed by atoms with Crippen molar-refractivity contribution in [2.24, 2.45) is 11.8 Å². The lowest BCUT2D eigenvalue weighted by atomic mass is 9.86. The Morgan fingerprint density at radius 2 is 1.04 bits per heavy atom. The van der Waals surface area contributed by atoms with Crippen LogP contribution in [0.25, 0.3) is 22.3 Å². The molecule has 4 aromatic heterocycles. The molecule has 3 aliphatic carbocycles. The van der Waals surface area contributed by atoms with Crippen LogP contribution in [-0.2, 0) is 0 Å². The molecule has 8 heteroatoms. The average Bonchev–Trinajstić information content (AvgIpc) is 3.99. The SMILES string of the molecule is N=C1C=CC(C2=c3ccc([nH]3)=C(C3C=CC(=N)CC3)c3ccc([nH]3)C(c3ccc(N)cc3)=c3ccc([nH]3)=C(C3=CCC(=N)CC3)c3ccc2[nH]3)CC1. The van der Waals surface area contributed by atoms with Crippen LogP contribution in [0, 0.1) is 28.1 Å². The van der Waals surface area contributed by atoms with Gasteiger partial charge >= 0.3 is 0 Å². The van der Waals surface area contributed by atoms with Gasteiger partial charge in [0.05, 0.1) is 0 Å². The van der Waals surface area contributed by atoms with Crippen molar-refractivity contribution in [1.82, 2.24) is 19.9 Å². The third-order valence-corrected chi connectivity index (χ3v) is 11.0. The molecular weight excluding hydrogens is 641 g/mol. The first kappa shape index (κ1) is 31.8. The van der Waals surface area contributed by atoms with Crippen LogP contribution in [0.2, 0.25) is 0 Å². The normalized spacial score (nSPS) is 20.5. The van der Waals surface area contributed by atoms with Gasteiger partial charge in [-0.15, -0.1) is 0 Å². The molecule has 8 bridgehead atoms.